The van der Waals surface area contributed by atoms with Crippen LogP contribution in [0.25, 0.3) is 0 Å². The van der Waals surface area contributed by atoms with Gasteiger partial charge < -0.3 is 14.7 Å². The number of ether oxygens (including phenoxy) is 1. The molecule has 1 aromatic carbocycles. The third-order valence-corrected chi connectivity index (χ3v) is 7.73. The molecule has 0 bridgehead atoms. The number of alkyl halides is 3. The van der Waals surface area contributed by atoms with Crippen LogP contribution in [0.3, 0.4) is 0 Å². The van der Waals surface area contributed by atoms with Crippen molar-refractivity contribution in [2.24, 2.45) is 0 Å². The Labute approximate surface area is 187 Å². The quantitative estimate of drug-likeness (QED) is 0.520. The van der Waals surface area contributed by atoms with Crippen LogP contribution in [-0.2, 0) is 25.7 Å². The monoisotopic (exact) mass is 480 g/mol. The van der Waals surface area contributed by atoms with E-state index in [9.17, 15) is 26.4 Å². The number of aliphatic hydroxyl groups excluding tert-OH is 1. The summed E-state index contributed by atoms with van der Waals surface area (Å²) in [6.07, 6.45) is -0.801. The van der Waals surface area contributed by atoms with Crippen LogP contribution >= 0.6 is 0 Å². The lowest BCUT2D eigenvalue weighted by Crippen LogP contribution is -2.53. The molecule has 1 amide bonds. The molecule has 0 aliphatic heterocycles. The number of rotatable bonds is 10. The summed E-state index contributed by atoms with van der Waals surface area (Å²) in [5.41, 5.74) is -2.09. The van der Waals surface area contributed by atoms with Gasteiger partial charge in [-0.25, -0.2) is 8.42 Å². The van der Waals surface area contributed by atoms with Crippen LogP contribution in [0.1, 0.15) is 50.5 Å². The lowest BCUT2D eigenvalue weighted by atomic mass is 9.91. The van der Waals surface area contributed by atoms with Crippen LogP contribution in [0.5, 0.6) is 0 Å². The van der Waals surface area contributed by atoms with Gasteiger partial charge in [-0.2, -0.15) is 17.5 Å². The van der Waals surface area contributed by atoms with Crippen molar-refractivity contribution in [3.05, 3.63) is 29.8 Å². The first-order chi connectivity index (χ1) is 14.9. The summed E-state index contributed by atoms with van der Waals surface area (Å²) in [4.78, 5) is 13.5. The molecule has 32 heavy (non-hydrogen) atoms. The van der Waals surface area contributed by atoms with E-state index in [0.717, 1.165) is 47.8 Å². The Morgan fingerprint density at radius 1 is 1.12 bits per heavy atom. The van der Waals surface area contributed by atoms with Crippen molar-refractivity contribution in [2.75, 3.05) is 33.9 Å². The van der Waals surface area contributed by atoms with Gasteiger partial charge in [-0.3, -0.25) is 4.79 Å². The molecule has 0 unspecified atom stereocenters. The highest BCUT2D eigenvalue weighted by Crippen LogP contribution is 2.38. The van der Waals surface area contributed by atoms with Crippen molar-refractivity contribution in [3.63, 3.8) is 0 Å². The fraction of sp³-hybridized carbons (Fsp3) is 0.667. The summed E-state index contributed by atoms with van der Waals surface area (Å²) in [7, 11) is -1.13. The molecule has 0 atom stereocenters. The van der Waals surface area contributed by atoms with Crippen LogP contribution in [-0.4, -0.2) is 68.2 Å². The van der Waals surface area contributed by atoms with Crippen molar-refractivity contribution >= 4 is 15.9 Å². The van der Waals surface area contributed by atoms with Crippen molar-refractivity contribution < 1.29 is 36.2 Å². The molecule has 0 heterocycles. The van der Waals surface area contributed by atoms with Crippen LogP contribution in [0, 0.1) is 0 Å². The van der Waals surface area contributed by atoms with Crippen LogP contribution in [0.2, 0.25) is 0 Å². The molecule has 0 saturated heterocycles. The van der Waals surface area contributed by atoms with Crippen molar-refractivity contribution in [1.29, 1.82) is 0 Å². The standard InChI is InChI=1S/C21H31F3N2O5S/c1-25(14-6-15-27)19(28)11-16-31-20(12-4-3-5-13-20)26(2)32(29,30)18-9-7-17(8-10-18)21(22,23)24/h7-10,27H,3-6,11-16H2,1-2H3. The van der Waals surface area contributed by atoms with Gasteiger partial charge in [0.25, 0.3) is 0 Å². The van der Waals surface area contributed by atoms with Crippen LogP contribution in [0.15, 0.2) is 29.2 Å². The number of hydrogen-bond donors (Lipinski definition) is 1. The molecular weight excluding hydrogens is 449 g/mol. The Morgan fingerprint density at radius 3 is 2.25 bits per heavy atom. The van der Waals surface area contributed by atoms with Gasteiger partial charge in [0, 0.05) is 27.2 Å². The highest BCUT2D eigenvalue weighted by molar-refractivity contribution is 7.89. The van der Waals surface area contributed by atoms with Gasteiger partial charge in [0.2, 0.25) is 15.9 Å². The highest BCUT2D eigenvalue weighted by Gasteiger charge is 2.44. The van der Waals surface area contributed by atoms with E-state index in [1.165, 1.54) is 11.9 Å². The van der Waals surface area contributed by atoms with Crippen molar-refractivity contribution in [2.45, 2.75) is 61.7 Å². The largest absolute Gasteiger partial charge is 0.416 e. The van der Waals surface area contributed by atoms with E-state index in [-0.39, 0.29) is 30.4 Å². The number of carbonyl (C=O) groups is 1. The molecule has 1 N–H and O–H groups in total. The molecule has 0 radical (unpaired) electrons. The Hall–Kier alpha value is -1.69. The maximum absolute atomic E-state index is 13.2. The lowest BCUT2D eigenvalue weighted by Gasteiger charge is -2.43. The average molecular weight is 481 g/mol. The molecule has 1 aromatic rings. The SMILES string of the molecule is CN(CCCO)C(=O)CCOC1(N(C)S(=O)(=O)c2ccc(C(F)(F)F)cc2)CCCCC1. The summed E-state index contributed by atoms with van der Waals surface area (Å²) in [5.74, 6) is -0.183. The summed E-state index contributed by atoms with van der Waals surface area (Å²) in [6, 6.07) is 3.39. The van der Waals surface area contributed by atoms with E-state index in [1.54, 1.807) is 7.05 Å². The molecular formula is C21H31F3N2O5S. The minimum atomic E-state index is -4.56. The zero-order valence-electron chi connectivity index (χ0n) is 18.4. The Kier molecular flexibility index (Phi) is 9.09. The van der Waals surface area contributed by atoms with Gasteiger partial charge in [-0.15, -0.1) is 0 Å². The predicted molar refractivity (Wildman–Crippen MR) is 112 cm³/mol. The minimum Gasteiger partial charge on any atom is -0.396 e. The van der Waals surface area contributed by atoms with E-state index in [0.29, 0.717) is 25.8 Å². The number of benzene rings is 1. The Balaban J connectivity index is 2.15. The molecule has 0 aromatic heterocycles. The van der Waals surface area contributed by atoms with Crippen molar-refractivity contribution in [3.8, 4) is 0 Å². The molecule has 1 aliphatic carbocycles. The molecule has 7 nitrogen and oxygen atoms in total. The topological polar surface area (TPSA) is 87.2 Å². The number of amides is 1. The van der Waals surface area contributed by atoms with E-state index in [4.69, 9.17) is 9.84 Å². The number of nitrogens with zero attached hydrogens (tertiary/aromatic N) is 2. The Bertz CT molecular complexity index is 853. The van der Waals surface area contributed by atoms with Gasteiger partial charge in [0.05, 0.1) is 23.5 Å². The minimum absolute atomic E-state index is 0.00910. The molecule has 1 saturated carbocycles. The molecule has 1 fully saturated rings. The second-order valence-corrected chi connectivity index (χ2v) is 9.96. The fourth-order valence-electron chi connectivity index (χ4n) is 3.80. The summed E-state index contributed by atoms with van der Waals surface area (Å²) in [5, 5.41) is 8.88. The molecule has 182 valence electrons. The maximum Gasteiger partial charge on any atom is 0.416 e. The summed E-state index contributed by atoms with van der Waals surface area (Å²) >= 11 is 0. The van der Waals surface area contributed by atoms with Crippen LogP contribution < -0.4 is 0 Å². The number of aliphatic hydroxyl groups is 1. The number of sulfonamides is 1. The number of carbonyl (C=O) groups excluding carboxylic acids is 1. The molecule has 2 rings (SSSR count). The molecule has 1 aliphatic rings. The predicted octanol–water partition coefficient (Wildman–Crippen LogP) is 3.23. The van der Waals surface area contributed by atoms with Crippen LogP contribution in [0.4, 0.5) is 13.2 Å². The van der Waals surface area contributed by atoms with E-state index >= 15 is 0 Å². The van der Waals surface area contributed by atoms with Gasteiger partial charge in [0.15, 0.2) is 0 Å². The van der Waals surface area contributed by atoms with Gasteiger partial charge in [0.1, 0.15) is 5.72 Å². The summed E-state index contributed by atoms with van der Waals surface area (Å²) < 4.78 is 72.0. The normalized spacial score (nSPS) is 16.8. The maximum atomic E-state index is 13.2. The zero-order valence-corrected chi connectivity index (χ0v) is 19.2. The Morgan fingerprint density at radius 2 is 1.72 bits per heavy atom. The highest BCUT2D eigenvalue weighted by atomic mass is 32.2. The second kappa shape index (κ2) is 11.0. The zero-order chi connectivity index (χ0) is 24.0. The molecule has 11 heteroatoms. The van der Waals surface area contributed by atoms with Gasteiger partial charge in [-0.1, -0.05) is 6.42 Å². The fourth-order valence-corrected chi connectivity index (χ4v) is 5.27. The van der Waals surface area contributed by atoms with E-state index in [1.807, 2.05) is 0 Å². The van der Waals surface area contributed by atoms with E-state index in [2.05, 4.69) is 0 Å². The first kappa shape index (κ1) is 26.6. The first-order valence-electron chi connectivity index (χ1n) is 10.6. The van der Waals surface area contributed by atoms with Gasteiger partial charge in [-0.05, 0) is 56.4 Å². The third kappa shape index (κ3) is 6.43. The number of halogens is 3. The lowest BCUT2D eigenvalue weighted by molar-refractivity contribution is -0.147. The molecule has 0 spiro atoms. The average Bonchev–Trinajstić information content (AvgIpc) is 2.76. The number of hydrogen-bond acceptors (Lipinski definition) is 5. The third-order valence-electron chi connectivity index (χ3n) is 5.81. The van der Waals surface area contributed by atoms with Gasteiger partial charge >= 0.3 is 6.18 Å². The smallest absolute Gasteiger partial charge is 0.396 e. The summed E-state index contributed by atoms with van der Waals surface area (Å²) in [6.45, 7) is 0.391. The first-order valence-corrected chi connectivity index (χ1v) is 12.0. The van der Waals surface area contributed by atoms with E-state index < -0.39 is 27.5 Å². The van der Waals surface area contributed by atoms with Crippen molar-refractivity contribution in [1.82, 2.24) is 9.21 Å². The second-order valence-electron chi connectivity index (χ2n) is 7.99.